The molecule has 2 atom stereocenters. The Morgan fingerprint density at radius 2 is 1.76 bits per heavy atom. The summed E-state index contributed by atoms with van der Waals surface area (Å²) < 4.78 is 5.26. The molecule has 1 saturated heterocycles. The number of carbonyl (C=O) groups is 2. The van der Waals surface area contributed by atoms with E-state index < -0.39 is 0 Å². The maximum Gasteiger partial charge on any atom is 0.234 e. The third-order valence-corrected chi connectivity index (χ3v) is 4.47. The van der Waals surface area contributed by atoms with Gasteiger partial charge in [-0.25, -0.2) is 0 Å². The Hall–Kier alpha value is -2.04. The van der Waals surface area contributed by atoms with Crippen LogP contribution in [-0.2, 0) is 9.59 Å². The second-order valence-electron chi connectivity index (χ2n) is 5.64. The monoisotopic (exact) mass is 288 g/mol. The molecule has 2 amide bonds. The van der Waals surface area contributed by atoms with Crippen molar-refractivity contribution in [2.24, 2.45) is 11.8 Å². The van der Waals surface area contributed by atoms with E-state index in [0.717, 1.165) is 31.4 Å². The third kappa shape index (κ3) is 2.48. The summed E-state index contributed by atoms with van der Waals surface area (Å²) in [4.78, 5) is 26.1. The van der Waals surface area contributed by atoms with E-state index in [1.807, 2.05) is 24.3 Å². The number of methoxy groups -OCH3 is 1. The first-order chi connectivity index (χ1) is 10.2. The van der Waals surface area contributed by atoms with Crippen molar-refractivity contribution in [3.63, 3.8) is 0 Å². The fourth-order valence-electron chi connectivity index (χ4n) is 3.34. The number of imide groups is 1. The number of fused-ring (bicyclic) bond motifs is 1. The molecule has 1 aliphatic heterocycles. The normalized spacial score (nSPS) is 24.9. The van der Waals surface area contributed by atoms with Gasteiger partial charge < -0.3 is 10.1 Å². The highest BCUT2D eigenvalue weighted by atomic mass is 16.5. The Bertz CT molecular complexity index is 534. The molecule has 0 aromatic heterocycles. The maximum absolute atomic E-state index is 12.4. The summed E-state index contributed by atoms with van der Waals surface area (Å²) in [5, 5.41) is 3.14. The van der Waals surface area contributed by atoms with Crippen LogP contribution in [0.5, 0.6) is 5.75 Å². The number of nitrogens with one attached hydrogen (secondary N) is 1. The lowest BCUT2D eigenvalue weighted by Gasteiger charge is -2.19. The van der Waals surface area contributed by atoms with Crippen molar-refractivity contribution in [1.82, 2.24) is 4.90 Å². The summed E-state index contributed by atoms with van der Waals surface area (Å²) in [6.45, 7) is 0.213. The zero-order chi connectivity index (χ0) is 14.8. The maximum atomic E-state index is 12.4. The Kier molecular flexibility index (Phi) is 3.82. The number of hydrogen-bond donors (Lipinski definition) is 1. The number of rotatable bonds is 4. The van der Waals surface area contributed by atoms with E-state index in [1.165, 1.54) is 4.90 Å². The fraction of sp³-hybridized carbons (Fsp3) is 0.500. The van der Waals surface area contributed by atoms with Crippen molar-refractivity contribution in [1.29, 1.82) is 0 Å². The zero-order valence-corrected chi connectivity index (χ0v) is 12.2. The van der Waals surface area contributed by atoms with E-state index in [0.29, 0.717) is 5.75 Å². The molecule has 21 heavy (non-hydrogen) atoms. The highest BCUT2D eigenvalue weighted by Crippen LogP contribution is 2.38. The molecule has 3 rings (SSSR count). The molecule has 1 aliphatic carbocycles. The fourth-order valence-corrected chi connectivity index (χ4v) is 3.34. The Labute approximate surface area is 124 Å². The van der Waals surface area contributed by atoms with Gasteiger partial charge in [0.15, 0.2) is 0 Å². The van der Waals surface area contributed by atoms with Crippen LogP contribution >= 0.6 is 0 Å². The van der Waals surface area contributed by atoms with Gasteiger partial charge >= 0.3 is 0 Å². The first-order valence-corrected chi connectivity index (χ1v) is 7.44. The standard InChI is InChI=1S/C16H20N2O3/c1-21-14-9-5-4-8-13(14)17-10-18-15(19)11-6-2-3-7-12(11)16(18)20/h4-5,8-9,11-12,17H,2-3,6-7,10H2,1H3. The van der Waals surface area contributed by atoms with E-state index in [4.69, 9.17) is 4.74 Å². The van der Waals surface area contributed by atoms with Crippen LogP contribution in [0.1, 0.15) is 25.7 Å². The third-order valence-electron chi connectivity index (χ3n) is 4.47. The average molecular weight is 288 g/mol. The molecule has 112 valence electrons. The van der Waals surface area contributed by atoms with Crippen molar-refractivity contribution < 1.29 is 14.3 Å². The number of benzene rings is 1. The lowest BCUT2D eigenvalue weighted by atomic mass is 9.81. The van der Waals surface area contributed by atoms with Crippen molar-refractivity contribution in [2.75, 3.05) is 19.1 Å². The highest BCUT2D eigenvalue weighted by molar-refractivity contribution is 6.05. The Balaban J connectivity index is 1.70. The molecule has 5 nitrogen and oxygen atoms in total. The van der Waals surface area contributed by atoms with Crippen LogP contribution in [0.4, 0.5) is 5.69 Å². The number of carbonyl (C=O) groups excluding carboxylic acids is 2. The number of anilines is 1. The first-order valence-electron chi connectivity index (χ1n) is 7.44. The minimum absolute atomic E-state index is 0.0212. The van der Waals surface area contributed by atoms with E-state index in [-0.39, 0.29) is 30.3 Å². The molecule has 1 aromatic rings. The summed E-state index contributed by atoms with van der Waals surface area (Å²) in [5.74, 6) is 0.477. The molecule has 1 heterocycles. The zero-order valence-electron chi connectivity index (χ0n) is 12.2. The molecule has 0 radical (unpaired) electrons. The number of likely N-dealkylation sites (tertiary alicyclic amines) is 1. The van der Waals surface area contributed by atoms with E-state index in [2.05, 4.69) is 5.32 Å². The lowest BCUT2D eigenvalue weighted by molar-refractivity contribution is -0.139. The topological polar surface area (TPSA) is 58.6 Å². The van der Waals surface area contributed by atoms with Gasteiger partial charge in [-0.05, 0) is 25.0 Å². The molecule has 2 aliphatic rings. The van der Waals surface area contributed by atoms with Crippen LogP contribution in [0.15, 0.2) is 24.3 Å². The van der Waals surface area contributed by atoms with Crippen molar-refractivity contribution in [3.8, 4) is 5.75 Å². The van der Waals surface area contributed by atoms with Crippen LogP contribution < -0.4 is 10.1 Å². The molecular formula is C16H20N2O3. The number of amides is 2. The van der Waals surface area contributed by atoms with E-state index in [9.17, 15) is 9.59 Å². The average Bonchev–Trinajstić information content (AvgIpc) is 2.78. The Morgan fingerprint density at radius 3 is 2.38 bits per heavy atom. The summed E-state index contributed by atoms with van der Waals surface area (Å²) in [6.07, 6.45) is 3.79. The molecule has 0 bridgehead atoms. The molecule has 1 N–H and O–H groups in total. The summed E-state index contributed by atoms with van der Waals surface area (Å²) in [5.41, 5.74) is 0.787. The second kappa shape index (κ2) is 5.76. The van der Waals surface area contributed by atoms with Gasteiger partial charge in [-0.1, -0.05) is 25.0 Å². The van der Waals surface area contributed by atoms with Crippen LogP contribution in [-0.4, -0.2) is 30.5 Å². The van der Waals surface area contributed by atoms with Crippen LogP contribution in [0, 0.1) is 11.8 Å². The van der Waals surface area contributed by atoms with Gasteiger partial charge in [0.05, 0.1) is 31.3 Å². The quantitative estimate of drug-likeness (QED) is 0.863. The van der Waals surface area contributed by atoms with Gasteiger partial charge in [-0.15, -0.1) is 0 Å². The van der Waals surface area contributed by atoms with Crippen molar-refractivity contribution in [2.45, 2.75) is 25.7 Å². The second-order valence-corrected chi connectivity index (χ2v) is 5.64. The lowest BCUT2D eigenvalue weighted by Crippen LogP contribution is -2.35. The predicted molar refractivity (Wildman–Crippen MR) is 78.8 cm³/mol. The number of ether oxygens (including phenoxy) is 1. The largest absolute Gasteiger partial charge is 0.495 e. The number of para-hydroxylation sites is 2. The van der Waals surface area contributed by atoms with Gasteiger partial charge in [0.2, 0.25) is 11.8 Å². The number of nitrogens with zero attached hydrogens (tertiary/aromatic N) is 1. The molecule has 0 spiro atoms. The minimum atomic E-state index is -0.0919. The SMILES string of the molecule is COc1ccccc1NCN1C(=O)C2CCCCC2C1=O. The molecule has 5 heteroatoms. The summed E-state index contributed by atoms with van der Waals surface area (Å²) in [6, 6.07) is 7.48. The Morgan fingerprint density at radius 1 is 1.14 bits per heavy atom. The first kappa shape index (κ1) is 13.9. The summed E-state index contributed by atoms with van der Waals surface area (Å²) >= 11 is 0. The van der Waals surface area contributed by atoms with Crippen LogP contribution in [0.2, 0.25) is 0 Å². The highest BCUT2D eigenvalue weighted by Gasteiger charge is 2.47. The minimum Gasteiger partial charge on any atom is -0.495 e. The molecular weight excluding hydrogens is 268 g/mol. The van der Waals surface area contributed by atoms with Gasteiger partial charge in [0, 0.05) is 0 Å². The van der Waals surface area contributed by atoms with Crippen molar-refractivity contribution >= 4 is 17.5 Å². The number of hydrogen-bond acceptors (Lipinski definition) is 4. The van der Waals surface area contributed by atoms with Gasteiger partial charge in [-0.2, -0.15) is 0 Å². The molecule has 1 saturated carbocycles. The van der Waals surface area contributed by atoms with Gasteiger partial charge in [0.1, 0.15) is 5.75 Å². The molecule has 2 fully saturated rings. The van der Waals surface area contributed by atoms with E-state index >= 15 is 0 Å². The van der Waals surface area contributed by atoms with Gasteiger partial charge in [0.25, 0.3) is 0 Å². The molecule has 1 aromatic carbocycles. The van der Waals surface area contributed by atoms with Crippen LogP contribution in [0.25, 0.3) is 0 Å². The van der Waals surface area contributed by atoms with E-state index in [1.54, 1.807) is 7.11 Å². The van der Waals surface area contributed by atoms with Crippen LogP contribution in [0.3, 0.4) is 0 Å². The molecule has 2 unspecified atom stereocenters. The smallest absolute Gasteiger partial charge is 0.234 e. The predicted octanol–water partition coefficient (Wildman–Crippen LogP) is 2.24. The van der Waals surface area contributed by atoms with Gasteiger partial charge in [-0.3, -0.25) is 14.5 Å². The van der Waals surface area contributed by atoms with Crippen molar-refractivity contribution in [3.05, 3.63) is 24.3 Å². The summed E-state index contributed by atoms with van der Waals surface area (Å²) in [7, 11) is 1.60.